The van der Waals surface area contributed by atoms with E-state index >= 15 is 0 Å². The summed E-state index contributed by atoms with van der Waals surface area (Å²) < 4.78 is 189. The minimum Gasteiger partial charge on any atom is -0.195 e. The first-order valence-electron chi connectivity index (χ1n) is 5.53. The molecule has 0 saturated carbocycles. The maximum absolute atomic E-state index is 13.0. The van der Waals surface area contributed by atoms with E-state index < -0.39 is 47.8 Å². The second-order valence-electron chi connectivity index (χ2n) is 4.49. The number of alkyl halides is 15. The van der Waals surface area contributed by atoms with Crippen molar-refractivity contribution in [2.45, 2.75) is 48.6 Å². The highest BCUT2D eigenvalue weighted by Gasteiger charge is 2.93. The van der Waals surface area contributed by atoms with Gasteiger partial charge in [-0.15, -0.1) is 0 Å². The van der Waals surface area contributed by atoms with Gasteiger partial charge in [0.1, 0.15) is 0 Å². The van der Waals surface area contributed by atoms with Crippen molar-refractivity contribution in [1.29, 1.82) is 0 Å². The van der Waals surface area contributed by atoms with Crippen LogP contribution in [0.25, 0.3) is 0 Å². The van der Waals surface area contributed by atoms with Gasteiger partial charge in [0.25, 0.3) is 0 Å². The molecule has 0 nitrogen and oxygen atoms in total. The largest absolute Gasteiger partial charge is 0.460 e. The molecule has 0 N–H and O–H groups in total. The molecule has 0 heterocycles. The lowest BCUT2D eigenvalue weighted by atomic mass is 9.91. The fourth-order valence-corrected chi connectivity index (χ4v) is 1.29. The summed E-state index contributed by atoms with van der Waals surface area (Å²) in [5.74, 6) is -46.1. The van der Waals surface area contributed by atoms with Crippen LogP contribution in [-0.4, -0.2) is 41.7 Å². The zero-order chi connectivity index (χ0) is 20.9. The lowest BCUT2D eigenvalue weighted by Gasteiger charge is -2.41. The Balaban J connectivity index is 6.49. The van der Waals surface area contributed by atoms with E-state index in [1.54, 1.807) is 0 Å². The van der Waals surface area contributed by atoms with E-state index in [9.17, 15) is 65.9 Å². The molecule has 0 amide bonds. The van der Waals surface area contributed by atoms with Gasteiger partial charge >= 0.3 is 41.7 Å². The second kappa shape index (κ2) is 5.86. The Kier molecular flexibility index (Phi) is 5.55. The number of halogens is 15. The maximum Gasteiger partial charge on any atom is 0.460 e. The van der Waals surface area contributed by atoms with Crippen molar-refractivity contribution in [2.24, 2.45) is 0 Å². The van der Waals surface area contributed by atoms with Crippen LogP contribution in [0.5, 0.6) is 0 Å². The highest BCUT2D eigenvalue weighted by molar-refractivity contribution is 5.16. The minimum absolute atomic E-state index is 0.107. The van der Waals surface area contributed by atoms with Crippen LogP contribution >= 0.6 is 0 Å². The summed E-state index contributed by atoms with van der Waals surface area (Å²) >= 11 is 0. The molecule has 150 valence electrons. The Morgan fingerprint density at radius 2 is 0.720 bits per heavy atom. The van der Waals surface area contributed by atoms with Gasteiger partial charge in [0.15, 0.2) is 0 Å². The molecule has 0 aliphatic heterocycles. The van der Waals surface area contributed by atoms with Gasteiger partial charge in [0.2, 0.25) is 0 Å². The lowest BCUT2D eigenvalue weighted by Crippen LogP contribution is -2.72. The number of hydrogen-bond donors (Lipinski definition) is 0. The number of hydrogen-bond acceptors (Lipinski definition) is 0. The van der Waals surface area contributed by atoms with E-state index in [0.717, 1.165) is 0 Å². The van der Waals surface area contributed by atoms with Gasteiger partial charge in [-0.3, -0.25) is 0 Å². The van der Waals surface area contributed by atoms with Crippen molar-refractivity contribution in [3.05, 3.63) is 12.2 Å². The summed E-state index contributed by atoms with van der Waals surface area (Å²) in [6.07, 6.45) is -8.85. The zero-order valence-corrected chi connectivity index (χ0v) is 11.3. The van der Waals surface area contributed by atoms with E-state index in [1.807, 2.05) is 0 Å². The van der Waals surface area contributed by atoms with Gasteiger partial charge in [-0.1, -0.05) is 6.08 Å². The first kappa shape index (κ1) is 23.7. The van der Waals surface area contributed by atoms with Crippen LogP contribution in [0.15, 0.2) is 12.2 Å². The predicted molar refractivity (Wildman–Crippen MR) is 50.6 cm³/mol. The molecule has 0 aromatic rings. The predicted octanol–water partition coefficient (Wildman–Crippen LogP) is 5.94. The smallest absolute Gasteiger partial charge is 0.195 e. The topological polar surface area (TPSA) is 0 Å². The summed E-state index contributed by atoms with van der Waals surface area (Å²) in [5.41, 5.74) is 0. The van der Waals surface area contributed by atoms with Gasteiger partial charge < -0.3 is 0 Å². The van der Waals surface area contributed by atoms with Gasteiger partial charge in [-0.25, -0.2) is 0 Å². The maximum atomic E-state index is 13.0. The third kappa shape index (κ3) is 3.02. The summed E-state index contributed by atoms with van der Waals surface area (Å²) in [4.78, 5) is 0. The van der Waals surface area contributed by atoms with Gasteiger partial charge in [0.05, 0.1) is 0 Å². The normalized spacial score (nSPS) is 16.6. The highest BCUT2D eigenvalue weighted by Crippen LogP contribution is 2.62. The molecular weight excluding hydrogens is 405 g/mol. The summed E-state index contributed by atoms with van der Waals surface area (Å²) in [6.45, 7) is 0.479. The Hall–Kier alpha value is -1.31. The molecule has 0 unspecified atom stereocenters. The summed E-state index contributed by atoms with van der Waals surface area (Å²) in [7, 11) is 0. The van der Waals surface area contributed by atoms with Crippen LogP contribution in [0.2, 0.25) is 0 Å². The molecule has 25 heavy (non-hydrogen) atoms. The van der Waals surface area contributed by atoms with Crippen LogP contribution in [0.1, 0.15) is 6.92 Å². The van der Waals surface area contributed by atoms with Crippen molar-refractivity contribution < 1.29 is 65.9 Å². The molecule has 15 heteroatoms. The van der Waals surface area contributed by atoms with E-state index in [2.05, 4.69) is 0 Å². The molecular formula is C10H5F15. The average Bonchev–Trinajstić information content (AvgIpc) is 2.35. The highest BCUT2D eigenvalue weighted by atomic mass is 19.4. The molecule has 0 rings (SSSR count). The zero-order valence-electron chi connectivity index (χ0n) is 11.3. The van der Waals surface area contributed by atoms with E-state index in [1.165, 1.54) is 0 Å². The molecule has 0 bridgehead atoms. The monoisotopic (exact) mass is 410 g/mol. The first-order chi connectivity index (χ1) is 10.6. The number of rotatable bonds is 6. The molecule has 0 spiro atoms. The van der Waals surface area contributed by atoms with Crippen LogP contribution < -0.4 is 0 Å². The van der Waals surface area contributed by atoms with Crippen molar-refractivity contribution in [2.75, 3.05) is 0 Å². The Morgan fingerprint density at radius 1 is 0.440 bits per heavy atom. The standard InChI is InChI=1S/C10H5F15/c1-2-3-4(11,12)5(13,14)6(15,16)7(17,18)8(19,20)9(21,22)10(23,24)25/h2-3H,1H3. The third-order valence-corrected chi connectivity index (χ3v) is 2.73. The summed E-state index contributed by atoms with van der Waals surface area (Å²) in [5, 5.41) is 0. The fourth-order valence-electron chi connectivity index (χ4n) is 1.29. The third-order valence-electron chi connectivity index (χ3n) is 2.73. The first-order valence-corrected chi connectivity index (χ1v) is 5.53. The Labute approximate surface area is 128 Å². The fraction of sp³-hybridized carbons (Fsp3) is 0.800. The Morgan fingerprint density at radius 3 is 1.00 bits per heavy atom. The van der Waals surface area contributed by atoms with Crippen molar-refractivity contribution in [3.63, 3.8) is 0 Å². The van der Waals surface area contributed by atoms with Crippen molar-refractivity contribution in [3.8, 4) is 0 Å². The lowest BCUT2D eigenvalue weighted by molar-refractivity contribution is -0.449. The molecule has 0 aliphatic carbocycles. The van der Waals surface area contributed by atoms with Crippen LogP contribution in [-0.2, 0) is 0 Å². The minimum atomic E-state index is -8.23. The molecule has 0 saturated heterocycles. The SMILES string of the molecule is CC=CC(F)(F)C(F)(F)C(F)(F)C(F)(F)C(F)(F)C(F)(F)C(F)(F)F. The number of allylic oxidation sites excluding steroid dienone is 2. The van der Waals surface area contributed by atoms with Crippen molar-refractivity contribution in [1.82, 2.24) is 0 Å². The van der Waals surface area contributed by atoms with Crippen LogP contribution in [0.3, 0.4) is 0 Å². The van der Waals surface area contributed by atoms with Crippen molar-refractivity contribution >= 4 is 0 Å². The van der Waals surface area contributed by atoms with Gasteiger partial charge in [-0.05, 0) is 13.0 Å². The van der Waals surface area contributed by atoms with E-state index in [0.29, 0.717) is 6.92 Å². The van der Waals surface area contributed by atoms with E-state index in [4.69, 9.17) is 0 Å². The molecule has 0 fully saturated rings. The molecule has 0 aromatic carbocycles. The van der Waals surface area contributed by atoms with E-state index in [-0.39, 0.29) is 6.08 Å². The van der Waals surface area contributed by atoms with Crippen LogP contribution in [0, 0.1) is 0 Å². The summed E-state index contributed by atoms with van der Waals surface area (Å²) in [6, 6.07) is 0. The van der Waals surface area contributed by atoms with Crippen LogP contribution in [0.4, 0.5) is 65.9 Å². The average molecular weight is 410 g/mol. The molecule has 0 radical (unpaired) electrons. The quantitative estimate of drug-likeness (QED) is 0.376. The molecule has 0 aliphatic rings. The second-order valence-corrected chi connectivity index (χ2v) is 4.49. The molecule has 0 aromatic heterocycles. The molecule has 0 atom stereocenters. The van der Waals surface area contributed by atoms with Gasteiger partial charge in [-0.2, -0.15) is 65.9 Å². The Bertz CT molecular complexity index is 509. The van der Waals surface area contributed by atoms with Gasteiger partial charge in [0, 0.05) is 0 Å².